The molecule has 18 heavy (non-hydrogen) atoms. The van der Waals surface area contributed by atoms with Gasteiger partial charge in [0.2, 0.25) is 0 Å². The molecule has 1 unspecified atom stereocenters. The van der Waals surface area contributed by atoms with Crippen LogP contribution >= 0.6 is 0 Å². The van der Waals surface area contributed by atoms with Crippen LogP contribution in [0, 0.1) is 5.41 Å². The molecule has 0 saturated heterocycles. The predicted molar refractivity (Wildman–Crippen MR) is 81.8 cm³/mol. The first-order valence-corrected chi connectivity index (χ1v) is 7.59. The number of unbranched alkanes of at least 4 members (excludes halogenated alkanes) is 1. The number of rotatable bonds is 6. The standard InChI is InChI=1S/C17H31N/c1-6-7-13-18-15(3)10-11-16-14(2)9-8-12-17(16,4)5/h10-11,15,18H,6-9,12-13H2,1-5H3/b11-10+. The van der Waals surface area contributed by atoms with Crippen LogP contribution in [-0.4, -0.2) is 12.6 Å². The molecule has 1 aliphatic carbocycles. The van der Waals surface area contributed by atoms with E-state index in [4.69, 9.17) is 0 Å². The second kappa shape index (κ2) is 7.13. The molecule has 0 radical (unpaired) electrons. The monoisotopic (exact) mass is 249 g/mol. The SMILES string of the molecule is CCCCNC(C)/C=C/C1=C(C)CCCC1(C)C. The van der Waals surface area contributed by atoms with Crippen LogP contribution in [0.4, 0.5) is 0 Å². The highest BCUT2D eigenvalue weighted by Crippen LogP contribution is 2.40. The van der Waals surface area contributed by atoms with Gasteiger partial charge in [-0.3, -0.25) is 0 Å². The third-order valence-corrected chi connectivity index (χ3v) is 4.09. The minimum absolute atomic E-state index is 0.363. The van der Waals surface area contributed by atoms with Crippen molar-refractivity contribution in [1.82, 2.24) is 5.32 Å². The van der Waals surface area contributed by atoms with E-state index < -0.39 is 0 Å². The molecule has 0 aromatic rings. The molecule has 0 saturated carbocycles. The van der Waals surface area contributed by atoms with E-state index >= 15 is 0 Å². The lowest BCUT2D eigenvalue weighted by molar-refractivity contribution is 0.376. The van der Waals surface area contributed by atoms with Gasteiger partial charge in [0.25, 0.3) is 0 Å². The average molecular weight is 249 g/mol. The summed E-state index contributed by atoms with van der Waals surface area (Å²) in [6.07, 6.45) is 11.2. The van der Waals surface area contributed by atoms with Crippen molar-refractivity contribution in [2.75, 3.05) is 6.54 Å². The van der Waals surface area contributed by atoms with Crippen LogP contribution in [0.25, 0.3) is 0 Å². The molecular weight excluding hydrogens is 218 g/mol. The lowest BCUT2D eigenvalue weighted by atomic mass is 9.72. The molecule has 0 heterocycles. The number of hydrogen-bond donors (Lipinski definition) is 1. The molecule has 0 aromatic heterocycles. The van der Waals surface area contributed by atoms with E-state index in [1.165, 1.54) is 32.1 Å². The van der Waals surface area contributed by atoms with Crippen molar-refractivity contribution in [3.63, 3.8) is 0 Å². The van der Waals surface area contributed by atoms with Crippen LogP contribution in [0.2, 0.25) is 0 Å². The minimum atomic E-state index is 0.363. The molecule has 0 spiro atoms. The van der Waals surface area contributed by atoms with E-state index in [2.05, 4.69) is 52.1 Å². The number of allylic oxidation sites excluding steroid dienone is 3. The molecule has 1 atom stereocenters. The predicted octanol–water partition coefficient (Wildman–Crippen LogP) is 4.85. The summed E-state index contributed by atoms with van der Waals surface area (Å²) in [4.78, 5) is 0. The average Bonchev–Trinajstić information content (AvgIpc) is 2.28. The zero-order valence-electron chi connectivity index (χ0n) is 13.0. The fraction of sp³-hybridized carbons (Fsp3) is 0.765. The maximum atomic E-state index is 3.56. The Balaban J connectivity index is 2.59. The molecule has 0 fully saturated rings. The van der Waals surface area contributed by atoms with E-state index in [0.29, 0.717) is 11.5 Å². The molecule has 0 aromatic carbocycles. The van der Waals surface area contributed by atoms with Crippen molar-refractivity contribution < 1.29 is 0 Å². The Morgan fingerprint density at radius 2 is 2.11 bits per heavy atom. The molecule has 104 valence electrons. The van der Waals surface area contributed by atoms with Gasteiger partial charge in [0.15, 0.2) is 0 Å². The lowest BCUT2D eigenvalue weighted by Crippen LogP contribution is -2.25. The van der Waals surface area contributed by atoms with Crippen LogP contribution in [0.1, 0.15) is 66.7 Å². The first-order valence-electron chi connectivity index (χ1n) is 7.59. The highest BCUT2D eigenvalue weighted by Gasteiger charge is 2.26. The van der Waals surface area contributed by atoms with Gasteiger partial charge < -0.3 is 5.32 Å². The van der Waals surface area contributed by atoms with Gasteiger partial charge in [-0.25, -0.2) is 0 Å². The van der Waals surface area contributed by atoms with Crippen molar-refractivity contribution in [3.8, 4) is 0 Å². The summed E-state index contributed by atoms with van der Waals surface area (Å²) in [6.45, 7) is 12.7. The summed E-state index contributed by atoms with van der Waals surface area (Å²) in [5, 5.41) is 3.56. The van der Waals surface area contributed by atoms with Gasteiger partial charge in [0.1, 0.15) is 0 Å². The zero-order chi connectivity index (χ0) is 13.6. The molecule has 0 amide bonds. The van der Waals surface area contributed by atoms with Gasteiger partial charge in [-0.1, -0.05) is 44.9 Å². The van der Waals surface area contributed by atoms with Crippen molar-refractivity contribution in [2.45, 2.75) is 72.8 Å². The fourth-order valence-corrected chi connectivity index (χ4v) is 2.83. The highest BCUT2D eigenvalue weighted by molar-refractivity contribution is 5.33. The first kappa shape index (κ1) is 15.5. The number of hydrogen-bond acceptors (Lipinski definition) is 1. The smallest absolute Gasteiger partial charge is 0.0224 e. The van der Waals surface area contributed by atoms with Crippen molar-refractivity contribution >= 4 is 0 Å². The molecule has 1 aliphatic rings. The van der Waals surface area contributed by atoms with Gasteiger partial charge in [-0.15, -0.1) is 0 Å². The van der Waals surface area contributed by atoms with Gasteiger partial charge >= 0.3 is 0 Å². The Morgan fingerprint density at radius 1 is 1.39 bits per heavy atom. The van der Waals surface area contributed by atoms with Crippen molar-refractivity contribution in [2.24, 2.45) is 5.41 Å². The Hall–Kier alpha value is -0.560. The van der Waals surface area contributed by atoms with E-state index in [1.807, 2.05) is 0 Å². The second-order valence-corrected chi connectivity index (χ2v) is 6.39. The Labute approximate surface area is 114 Å². The van der Waals surface area contributed by atoms with Crippen LogP contribution in [-0.2, 0) is 0 Å². The van der Waals surface area contributed by atoms with E-state index in [0.717, 1.165) is 6.54 Å². The van der Waals surface area contributed by atoms with Gasteiger partial charge in [0.05, 0.1) is 0 Å². The third kappa shape index (κ3) is 4.61. The molecule has 1 N–H and O–H groups in total. The summed E-state index contributed by atoms with van der Waals surface area (Å²) in [7, 11) is 0. The van der Waals surface area contributed by atoms with Crippen LogP contribution in [0.3, 0.4) is 0 Å². The van der Waals surface area contributed by atoms with Gasteiger partial charge in [-0.2, -0.15) is 0 Å². The number of nitrogens with one attached hydrogen (secondary N) is 1. The molecular formula is C17H31N. The summed E-state index contributed by atoms with van der Waals surface area (Å²) in [6, 6.07) is 0.481. The van der Waals surface area contributed by atoms with E-state index in [9.17, 15) is 0 Å². The minimum Gasteiger partial charge on any atom is -0.311 e. The normalized spacial score (nSPS) is 21.6. The Morgan fingerprint density at radius 3 is 2.72 bits per heavy atom. The summed E-state index contributed by atoms with van der Waals surface area (Å²) in [5.74, 6) is 0. The summed E-state index contributed by atoms with van der Waals surface area (Å²) in [5.41, 5.74) is 3.52. The first-order chi connectivity index (χ1) is 8.47. The van der Waals surface area contributed by atoms with Crippen LogP contribution < -0.4 is 5.32 Å². The fourth-order valence-electron chi connectivity index (χ4n) is 2.83. The third-order valence-electron chi connectivity index (χ3n) is 4.09. The molecule has 1 nitrogen and oxygen atoms in total. The zero-order valence-corrected chi connectivity index (χ0v) is 13.0. The van der Waals surface area contributed by atoms with Gasteiger partial charge in [0, 0.05) is 6.04 Å². The summed E-state index contributed by atoms with van der Waals surface area (Å²) >= 11 is 0. The van der Waals surface area contributed by atoms with Crippen molar-refractivity contribution in [1.29, 1.82) is 0 Å². The second-order valence-electron chi connectivity index (χ2n) is 6.39. The Kier molecular flexibility index (Phi) is 6.14. The van der Waals surface area contributed by atoms with E-state index in [-0.39, 0.29) is 0 Å². The molecule has 0 bridgehead atoms. The topological polar surface area (TPSA) is 12.0 Å². The molecule has 0 aliphatic heterocycles. The molecule has 1 heteroatoms. The Bertz CT molecular complexity index is 310. The van der Waals surface area contributed by atoms with Crippen LogP contribution in [0.15, 0.2) is 23.3 Å². The van der Waals surface area contributed by atoms with Gasteiger partial charge in [-0.05, 0) is 57.1 Å². The van der Waals surface area contributed by atoms with E-state index in [1.54, 1.807) is 11.1 Å². The quantitative estimate of drug-likeness (QED) is 0.664. The van der Waals surface area contributed by atoms with Crippen LogP contribution in [0.5, 0.6) is 0 Å². The maximum Gasteiger partial charge on any atom is 0.0224 e. The largest absolute Gasteiger partial charge is 0.311 e. The van der Waals surface area contributed by atoms with Crippen molar-refractivity contribution in [3.05, 3.63) is 23.3 Å². The maximum absolute atomic E-state index is 3.56. The summed E-state index contributed by atoms with van der Waals surface area (Å²) < 4.78 is 0. The lowest BCUT2D eigenvalue weighted by Gasteiger charge is -2.33. The highest BCUT2D eigenvalue weighted by atomic mass is 14.9. The molecule has 1 rings (SSSR count).